The van der Waals surface area contributed by atoms with Crippen LogP contribution < -0.4 is 10.5 Å². The summed E-state index contributed by atoms with van der Waals surface area (Å²) >= 11 is 0. The van der Waals surface area contributed by atoms with E-state index in [1.807, 2.05) is 31.2 Å². The highest BCUT2D eigenvalue weighted by Crippen LogP contribution is 2.37. The van der Waals surface area contributed by atoms with Crippen LogP contribution in [0.1, 0.15) is 44.6 Å². The van der Waals surface area contributed by atoms with Crippen molar-refractivity contribution < 1.29 is 23.5 Å². The highest BCUT2D eigenvalue weighted by atomic mass is 31.2. The minimum atomic E-state index is -4.00. The highest BCUT2D eigenvalue weighted by molar-refractivity contribution is 7.51. The number of benzene rings is 1. The SMILES string of the molecule is C[C@@](N)(CCc1ccc(OCCCCCF)cc1)CCP(=O)(O)O. The summed E-state index contributed by atoms with van der Waals surface area (Å²) in [6.45, 7) is 2.13. The zero-order valence-electron chi connectivity index (χ0n) is 14.3. The van der Waals surface area contributed by atoms with Gasteiger partial charge in [0.1, 0.15) is 5.75 Å². The van der Waals surface area contributed by atoms with Gasteiger partial charge in [-0.05, 0) is 63.1 Å². The first-order valence-electron chi connectivity index (χ1n) is 8.33. The van der Waals surface area contributed by atoms with E-state index in [1.165, 1.54) is 0 Å². The normalized spacial score (nSPS) is 14.4. The predicted octanol–water partition coefficient (Wildman–Crippen LogP) is 3.42. The van der Waals surface area contributed by atoms with Gasteiger partial charge in [0, 0.05) is 5.54 Å². The topological polar surface area (TPSA) is 92.8 Å². The van der Waals surface area contributed by atoms with Crippen molar-refractivity contribution in [3.05, 3.63) is 29.8 Å². The Hall–Kier alpha value is -0.940. The number of ether oxygens (including phenoxy) is 1. The standard InChI is InChI=1S/C17H29FNO4P/c1-17(19,11-14-24(20,21)22)10-9-15-5-7-16(8-6-15)23-13-4-2-3-12-18/h5-8H,2-4,9-14,19H2,1H3,(H2,20,21,22)/t17-/m1/s1. The molecule has 0 radical (unpaired) electrons. The molecule has 1 atom stereocenters. The van der Waals surface area contributed by atoms with Gasteiger partial charge in [0.2, 0.25) is 0 Å². The first kappa shape index (κ1) is 21.1. The Bertz CT molecular complexity index is 516. The van der Waals surface area contributed by atoms with Crippen molar-refractivity contribution >= 4 is 7.60 Å². The lowest BCUT2D eigenvalue weighted by molar-refractivity contribution is 0.301. The fraction of sp³-hybridized carbons (Fsp3) is 0.647. The lowest BCUT2D eigenvalue weighted by Crippen LogP contribution is -2.37. The Balaban J connectivity index is 2.34. The van der Waals surface area contributed by atoms with Gasteiger partial charge in [-0.1, -0.05) is 12.1 Å². The number of unbranched alkanes of at least 4 members (excludes halogenated alkanes) is 2. The molecule has 1 aromatic carbocycles. The number of nitrogens with two attached hydrogens (primary N) is 1. The van der Waals surface area contributed by atoms with Crippen LogP contribution in [0.3, 0.4) is 0 Å². The van der Waals surface area contributed by atoms with Gasteiger partial charge in [-0.25, -0.2) is 0 Å². The first-order valence-corrected chi connectivity index (χ1v) is 10.1. The fourth-order valence-corrected chi connectivity index (χ4v) is 3.07. The molecule has 0 aromatic heterocycles. The van der Waals surface area contributed by atoms with Crippen LogP contribution in [0.4, 0.5) is 4.39 Å². The maximum atomic E-state index is 12.0. The Labute approximate surface area is 143 Å². The van der Waals surface area contributed by atoms with E-state index in [2.05, 4.69) is 0 Å². The third kappa shape index (κ3) is 10.0. The Morgan fingerprint density at radius 2 is 1.83 bits per heavy atom. The molecule has 0 aliphatic rings. The van der Waals surface area contributed by atoms with E-state index in [4.69, 9.17) is 20.3 Å². The number of hydrogen-bond donors (Lipinski definition) is 3. The van der Waals surface area contributed by atoms with Crippen LogP contribution in [0.5, 0.6) is 5.75 Å². The van der Waals surface area contributed by atoms with Gasteiger partial charge in [-0.3, -0.25) is 8.96 Å². The van der Waals surface area contributed by atoms with Crippen LogP contribution in [0.2, 0.25) is 0 Å². The van der Waals surface area contributed by atoms with E-state index in [-0.39, 0.29) is 19.3 Å². The number of hydrogen-bond acceptors (Lipinski definition) is 3. The molecule has 24 heavy (non-hydrogen) atoms. The molecule has 0 bridgehead atoms. The molecule has 0 amide bonds. The number of alkyl halides is 1. The van der Waals surface area contributed by atoms with Gasteiger partial charge in [-0.2, -0.15) is 0 Å². The van der Waals surface area contributed by atoms with Crippen molar-refractivity contribution in [3.8, 4) is 5.75 Å². The van der Waals surface area contributed by atoms with Gasteiger partial charge in [0.15, 0.2) is 0 Å². The van der Waals surface area contributed by atoms with Crippen LogP contribution in [-0.4, -0.2) is 34.8 Å². The van der Waals surface area contributed by atoms with Crippen LogP contribution in [0, 0.1) is 0 Å². The van der Waals surface area contributed by atoms with Crippen molar-refractivity contribution in [2.24, 2.45) is 5.73 Å². The molecule has 0 fully saturated rings. The minimum Gasteiger partial charge on any atom is -0.494 e. The van der Waals surface area contributed by atoms with Crippen molar-refractivity contribution in [2.45, 2.75) is 51.0 Å². The molecular weight excluding hydrogens is 332 g/mol. The highest BCUT2D eigenvalue weighted by Gasteiger charge is 2.23. The van der Waals surface area contributed by atoms with Gasteiger partial charge in [-0.15, -0.1) is 0 Å². The zero-order chi connectivity index (χ0) is 18.1. The molecule has 0 aliphatic heterocycles. The summed E-state index contributed by atoms with van der Waals surface area (Å²) in [6, 6.07) is 7.73. The van der Waals surface area contributed by atoms with E-state index in [1.54, 1.807) is 0 Å². The number of aryl methyl sites for hydroxylation is 1. The first-order chi connectivity index (χ1) is 11.2. The Morgan fingerprint density at radius 1 is 1.17 bits per heavy atom. The summed E-state index contributed by atoms with van der Waals surface area (Å²) in [5.41, 5.74) is 6.61. The van der Waals surface area contributed by atoms with Crippen LogP contribution in [0.25, 0.3) is 0 Å². The van der Waals surface area contributed by atoms with Crippen molar-refractivity contribution in [2.75, 3.05) is 19.4 Å². The Morgan fingerprint density at radius 3 is 2.42 bits per heavy atom. The van der Waals surface area contributed by atoms with Crippen molar-refractivity contribution in [1.82, 2.24) is 0 Å². The molecule has 0 spiro atoms. The molecule has 1 aromatic rings. The van der Waals surface area contributed by atoms with E-state index >= 15 is 0 Å². The molecule has 0 unspecified atom stereocenters. The summed E-state index contributed by atoms with van der Waals surface area (Å²) < 4.78 is 28.5. The molecular formula is C17H29FNO4P. The summed E-state index contributed by atoms with van der Waals surface area (Å²) in [5, 5.41) is 0. The van der Waals surface area contributed by atoms with Gasteiger partial charge < -0.3 is 20.3 Å². The van der Waals surface area contributed by atoms with Crippen molar-refractivity contribution in [1.29, 1.82) is 0 Å². The third-order valence-corrected chi connectivity index (χ3v) is 4.74. The maximum absolute atomic E-state index is 12.0. The molecule has 0 saturated heterocycles. The summed E-state index contributed by atoms with van der Waals surface area (Å²) in [7, 11) is -4.00. The summed E-state index contributed by atoms with van der Waals surface area (Å²) in [5.74, 6) is 0.788. The average molecular weight is 361 g/mol. The van der Waals surface area contributed by atoms with Crippen LogP contribution in [0.15, 0.2) is 24.3 Å². The second kappa shape index (κ2) is 10.1. The summed E-state index contributed by atoms with van der Waals surface area (Å²) in [6.07, 6.45) is 3.76. The van der Waals surface area contributed by atoms with E-state index in [0.29, 0.717) is 19.4 Å². The van der Waals surface area contributed by atoms with Gasteiger partial charge >= 0.3 is 7.60 Å². The lowest BCUT2D eigenvalue weighted by Gasteiger charge is -2.24. The quantitative estimate of drug-likeness (QED) is 0.392. The fourth-order valence-electron chi connectivity index (χ4n) is 2.27. The van der Waals surface area contributed by atoms with Crippen molar-refractivity contribution in [3.63, 3.8) is 0 Å². The van der Waals surface area contributed by atoms with Gasteiger partial charge in [0.05, 0.1) is 19.4 Å². The minimum absolute atomic E-state index is 0.185. The predicted molar refractivity (Wildman–Crippen MR) is 94.2 cm³/mol. The molecule has 0 aliphatic carbocycles. The second-order valence-electron chi connectivity index (χ2n) is 6.53. The molecule has 0 heterocycles. The lowest BCUT2D eigenvalue weighted by atomic mass is 9.92. The molecule has 5 nitrogen and oxygen atoms in total. The van der Waals surface area contributed by atoms with E-state index in [0.717, 1.165) is 30.6 Å². The van der Waals surface area contributed by atoms with Gasteiger partial charge in [0.25, 0.3) is 0 Å². The van der Waals surface area contributed by atoms with Crippen LogP contribution in [-0.2, 0) is 11.0 Å². The number of halogens is 1. The molecule has 1 rings (SSSR count). The largest absolute Gasteiger partial charge is 0.494 e. The van der Waals surface area contributed by atoms with Crippen LogP contribution >= 0.6 is 7.60 Å². The second-order valence-corrected chi connectivity index (χ2v) is 8.31. The smallest absolute Gasteiger partial charge is 0.325 e. The Kier molecular flexibility index (Phi) is 8.92. The molecule has 7 heteroatoms. The monoisotopic (exact) mass is 361 g/mol. The molecule has 0 saturated carbocycles. The zero-order valence-corrected chi connectivity index (χ0v) is 15.2. The van der Waals surface area contributed by atoms with E-state index < -0.39 is 13.1 Å². The number of rotatable bonds is 12. The molecule has 138 valence electrons. The average Bonchev–Trinajstić information content (AvgIpc) is 2.52. The van der Waals surface area contributed by atoms with E-state index in [9.17, 15) is 8.96 Å². The summed E-state index contributed by atoms with van der Waals surface area (Å²) in [4.78, 5) is 17.9. The third-order valence-electron chi connectivity index (χ3n) is 3.93. The maximum Gasteiger partial charge on any atom is 0.325 e. The molecule has 4 N–H and O–H groups in total.